The maximum absolute atomic E-state index is 13.3. The van der Waals surface area contributed by atoms with Crippen LogP contribution in [0, 0.1) is 23.4 Å². The summed E-state index contributed by atoms with van der Waals surface area (Å²) in [6, 6.07) is 0.598. The van der Waals surface area contributed by atoms with Crippen molar-refractivity contribution < 1.29 is 18.0 Å². The molecule has 0 aliphatic carbocycles. The van der Waals surface area contributed by atoms with Gasteiger partial charge in [0.2, 0.25) is 0 Å². The van der Waals surface area contributed by atoms with Gasteiger partial charge in [0.05, 0.1) is 0 Å². The highest BCUT2D eigenvalue weighted by Crippen LogP contribution is 2.14. The minimum Gasteiger partial charge on any atom is -0.350 e. The van der Waals surface area contributed by atoms with Crippen LogP contribution in [0.1, 0.15) is 24.2 Å². The monoisotopic (exact) mass is 260 g/mol. The van der Waals surface area contributed by atoms with Crippen molar-refractivity contribution in [2.45, 2.75) is 19.9 Å². The molecule has 0 saturated heterocycles. The molecule has 0 aromatic heterocycles. The smallest absolute Gasteiger partial charge is 0.257 e. The minimum atomic E-state index is -1.23. The van der Waals surface area contributed by atoms with E-state index in [9.17, 15) is 18.0 Å². The van der Waals surface area contributed by atoms with Crippen LogP contribution >= 0.6 is 0 Å². The zero-order chi connectivity index (χ0) is 13.9. The molecule has 100 valence electrons. The van der Waals surface area contributed by atoms with Crippen LogP contribution in [-0.4, -0.2) is 18.5 Å². The zero-order valence-corrected chi connectivity index (χ0v) is 10.1. The van der Waals surface area contributed by atoms with E-state index in [1.165, 1.54) is 0 Å². The molecule has 1 unspecified atom stereocenters. The van der Waals surface area contributed by atoms with Gasteiger partial charge in [0.1, 0.15) is 23.0 Å². The predicted molar refractivity (Wildman–Crippen MR) is 61.5 cm³/mol. The van der Waals surface area contributed by atoms with Crippen molar-refractivity contribution in [2.75, 3.05) is 6.54 Å². The lowest BCUT2D eigenvalue weighted by Crippen LogP contribution is -2.40. The topological polar surface area (TPSA) is 55.1 Å². The fourth-order valence-corrected chi connectivity index (χ4v) is 1.29. The molecule has 0 spiro atoms. The van der Waals surface area contributed by atoms with Crippen LogP contribution in [0.25, 0.3) is 0 Å². The number of hydrogen-bond donors (Lipinski definition) is 2. The van der Waals surface area contributed by atoms with E-state index in [4.69, 9.17) is 5.73 Å². The standard InChI is InChI=1S/C12H15F3N2O/c1-6(2)10(16)5-17-12(18)11-8(14)3-7(13)4-9(11)15/h3-4,6,10H,5,16H2,1-2H3,(H,17,18). The normalized spacial score (nSPS) is 12.6. The Balaban J connectivity index is 2.79. The highest BCUT2D eigenvalue weighted by Gasteiger charge is 2.19. The number of rotatable bonds is 4. The van der Waals surface area contributed by atoms with Crippen molar-refractivity contribution in [1.29, 1.82) is 0 Å². The van der Waals surface area contributed by atoms with E-state index in [0.29, 0.717) is 12.1 Å². The summed E-state index contributed by atoms with van der Waals surface area (Å²) in [5.41, 5.74) is 4.88. The van der Waals surface area contributed by atoms with Crippen LogP contribution in [-0.2, 0) is 0 Å². The first kappa shape index (κ1) is 14.5. The third-order valence-electron chi connectivity index (χ3n) is 2.59. The van der Waals surface area contributed by atoms with E-state index in [1.807, 2.05) is 13.8 Å². The summed E-state index contributed by atoms with van der Waals surface area (Å²) in [6.45, 7) is 3.80. The van der Waals surface area contributed by atoms with Crippen LogP contribution in [0.5, 0.6) is 0 Å². The first-order valence-electron chi connectivity index (χ1n) is 5.51. The Hall–Kier alpha value is -1.56. The summed E-state index contributed by atoms with van der Waals surface area (Å²) in [6.07, 6.45) is 0. The highest BCUT2D eigenvalue weighted by atomic mass is 19.1. The summed E-state index contributed by atoms with van der Waals surface area (Å²) in [7, 11) is 0. The van der Waals surface area contributed by atoms with Gasteiger partial charge >= 0.3 is 0 Å². The van der Waals surface area contributed by atoms with Gasteiger partial charge in [0.15, 0.2) is 0 Å². The van der Waals surface area contributed by atoms with E-state index < -0.39 is 28.9 Å². The molecule has 18 heavy (non-hydrogen) atoms. The quantitative estimate of drug-likeness (QED) is 0.867. The largest absolute Gasteiger partial charge is 0.350 e. The van der Waals surface area contributed by atoms with Crippen molar-refractivity contribution in [1.82, 2.24) is 5.32 Å². The van der Waals surface area contributed by atoms with Gasteiger partial charge in [-0.15, -0.1) is 0 Å². The van der Waals surface area contributed by atoms with E-state index >= 15 is 0 Å². The lowest BCUT2D eigenvalue weighted by atomic mass is 10.1. The number of nitrogens with two attached hydrogens (primary N) is 1. The van der Waals surface area contributed by atoms with Gasteiger partial charge in [-0.25, -0.2) is 13.2 Å². The van der Waals surface area contributed by atoms with Crippen molar-refractivity contribution in [3.63, 3.8) is 0 Å². The maximum atomic E-state index is 13.3. The highest BCUT2D eigenvalue weighted by molar-refractivity contribution is 5.94. The molecule has 1 aromatic rings. The average Bonchev–Trinajstić information content (AvgIpc) is 2.24. The molecule has 0 aliphatic rings. The third kappa shape index (κ3) is 3.46. The van der Waals surface area contributed by atoms with Gasteiger partial charge in [-0.3, -0.25) is 4.79 Å². The molecule has 3 N–H and O–H groups in total. The number of carbonyl (C=O) groups is 1. The SMILES string of the molecule is CC(C)C(N)CNC(=O)c1c(F)cc(F)cc1F. The Labute approximate surface area is 103 Å². The van der Waals surface area contributed by atoms with Gasteiger partial charge in [0.25, 0.3) is 5.91 Å². The zero-order valence-electron chi connectivity index (χ0n) is 10.1. The minimum absolute atomic E-state index is 0.0900. The molecule has 0 radical (unpaired) electrons. The Morgan fingerprint density at radius 3 is 2.22 bits per heavy atom. The number of hydrogen-bond acceptors (Lipinski definition) is 2. The molecular formula is C12H15F3N2O. The van der Waals surface area contributed by atoms with Crippen molar-refractivity contribution in [3.8, 4) is 0 Å². The second kappa shape index (κ2) is 5.86. The first-order chi connectivity index (χ1) is 8.32. The molecule has 6 heteroatoms. The summed E-state index contributed by atoms with van der Waals surface area (Å²) in [5.74, 6) is -4.36. The molecule has 1 atom stereocenters. The first-order valence-corrected chi connectivity index (χ1v) is 5.51. The van der Waals surface area contributed by atoms with Crippen molar-refractivity contribution in [2.24, 2.45) is 11.7 Å². The molecule has 1 rings (SSSR count). The van der Waals surface area contributed by atoms with Gasteiger partial charge in [0, 0.05) is 24.7 Å². The van der Waals surface area contributed by atoms with Gasteiger partial charge < -0.3 is 11.1 Å². The number of carbonyl (C=O) groups excluding carboxylic acids is 1. The van der Waals surface area contributed by atoms with Gasteiger partial charge in [-0.05, 0) is 5.92 Å². The van der Waals surface area contributed by atoms with Crippen LogP contribution in [0.15, 0.2) is 12.1 Å². The second-order valence-corrected chi connectivity index (χ2v) is 4.36. The molecule has 0 bridgehead atoms. The van der Waals surface area contributed by atoms with Gasteiger partial charge in [-0.1, -0.05) is 13.8 Å². The molecule has 0 aliphatic heterocycles. The Bertz CT molecular complexity index is 426. The van der Waals surface area contributed by atoms with E-state index in [1.54, 1.807) is 0 Å². The summed E-state index contributed by atoms with van der Waals surface area (Å²) in [5, 5.41) is 2.31. The molecule has 0 saturated carbocycles. The van der Waals surface area contributed by atoms with Crippen LogP contribution in [0.3, 0.4) is 0 Å². The lowest BCUT2D eigenvalue weighted by Gasteiger charge is -2.16. The van der Waals surface area contributed by atoms with Crippen molar-refractivity contribution in [3.05, 3.63) is 35.1 Å². The fraction of sp³-hybridized carbons (Fsp3) is 0.417. The molecular weight excluding hydrogens is 245 g/mol. The molecule has 1 aromatic carbocycles. The predicted octanol–water partition coefficient (Wildman–Crippen LogP) is 1.82. The number of halogens is 3. The lowest BCUT2D eigenvalue weighted by molar-refractivity contribution is 0.0940. The molecule has 0 fully saturated rings. The molecule has 1 amide bonds. The number of amides is 1. The number of nitrogens with one attached hydrogen (secondary N) is 1. The van der Waals surface area contributed by atoms with E-state index in [0.717, 1.165) is 0 Å². The Morgan fingerprint density at radius 1 is 1.28 bits per heavy atom. The average molecular weight is 260 g/mol. The fourth-order valence-electron chi connectivity index (χ4n) is 1.29. The van der Waals surface area contributed by atoms with Crippen LogP contribution in [0.4, 0.5) is 13.2 Å². The van der Waals surface area contributed by atoms with E-state index in [-0.39, 0.29) is 18.5 Å². The summed E-state index contributed by atoms with van der Waals surface area (Å²) in [4.78, 5) is 11.6. The second-order valence-electron chi connectivity index (χ2n) is 4.36. The molecule has 0 heterocycles. The molecule has 3 nitrogen and oxygen atoms in total. The summed E-state index contributed by atoms with van der Waals surface area (Å²) < 4.78 is 39.2. The van der Waals surface area contributed by atoms with Gasteiger partial charge in [-0.2, -0.15) is 0 Å². The van der Waals surface area contributed by atoms with Crippen LogP contribution in [0.2, 0.25) is 0 Å². The Morgan fingerprint density at radius 2 is 1.78 bits per heavy atom. The number of benzene rings is 1. The van der Waals surface area contributed by atoms with E-state index in [2.05, 4.69) is 5.32 Å². The maximum Gasteiger partial charge on any atom is 0.257 e. The van der Waals surface area contributed by atoms with Crippen LogP contribution < -0.4 is 11.1 Å². The summed E-state index contributed by atoms with van der Waals surface area (Å²) >= 11 is 0. The van der Waals surface area contributed by atoms with Crippen molar-refractivity contribution >= 4 is 5.91 Å². The Kier molecular flexibility index (Phi) is 4.72. The third-order valence-corrected chi connectivity index (χ3v) is 2.59.